The van der Waals surface area contributed by atoms with Crippen LogP contribution < -0.4 is 10.9 Å². The van der Waals surface area contributed by atoms with E-state index in [9.17, 15) is 9.59 Å². The van der Waals surface area contributed by atoms with E-state index in [2.05, 4.69) is 25.6 Å². The first-order valence-corrected chi connectivity index (χ1v) is 8.34. The van der Waals surface area contributed by atoms with Crippen LogP contribution in [0.1, 0.15) is 5.69 Å². The van der Waals surface area contributed by atoms with Gasteiger partial charge in [-0.15, -0.1) is 0 Å². The highest BCUT2D eigenvalue weighted by atomic mass is 16.2. The van der Waals surface area contributed by atoms with E-state index in [-0.39, 0.29) is 18.0 Å². The largest absolute Gasteiger partial charge is 0.323 e. The van der Waals surface area contributed by atoms with Gasteiger partial charge in [0, 0.05) is 22.7 Å². The number of aryl methyl sites for hydroxylation is 1. The van der Waals surface area contributed by atoms with Gasteiger partial charge < -0.3 is 5.32 Å². The molecule has 8 heteroatoms. The summed E-state index contributed by atoms with van der Waals surface area (Å²) in [5.74, 6) is -0.364. The first-order valence-electron chi connectivity index (χ1n) is 8.34. The molecule has 1 amide bonds. The van der Waals surface area contributed by atoms with Gasteiger partial charge in [0.1, 0.15) is 6.54 Å². The number of fused-ring (bicyclic) bond motifs is 1. The minimum absolute atomic E-state index is 0.193. The normalized spacial score (nSPS) is 10.9. The first-order chi connectivity index (χ1) is 13.1. The molecule has 4 aromatic rings. The van der Waals surface area contributed by atoms with Crippen LogP contribution in [0, 0.1) is 6.92 Å². The molecule has 3 heterocycles. The van der Waals surface area contributed by atoms with Gasteiger partial charge in [-0.25, -0.2) is 9.67 Å². The summed E-state index contributed by atoms with van der Waals surface area (Å²) >= 11 is 0. The fourth-order valence-corrected chi connectivity index (χ4v) is 2.75. The molecule has 8 nitrogen and oxygen atoms in total. The minimum atomic E-state index is -0.364. The van der Waals surface area contributed by atoms with Crippen molar-refractivity contribution in [1.82, 2.24) is 25.0 Å². The number of H-pyrrole nitrogens is 1. The Labute approximate surface area is 153 Å². The highest BCUT2D eigenvalue weighted by Gasteiger charge is 2.10. The van der Waals surface area contributed by atoms with Gasteiger partial charge in [-0.2, -0.15) is 10.2 Å². The number of anilines is 1. The van der Waals surface area contributed by atoms with Crippen LogP contribution in [0.4, 0.5) is 5.69 Å². The highest BCUT2D eigenvalue weighted by molar-refractivity contribution is 5.92. The molecule has 0 radical (unpaired) electrons. The van der Waals surface area contributed by atoms with Crippen LogP contribution in [-0.4, -0.2) is 30.9 Å². The molecular formula is C19H16N6O2. The van der Waals surface area contributed by atoms with E-state index in [1.54, 1.807) is 12.1 Å². The number of hydrogen-bond donors (Lipinski definition) is 2. The van der Waals surface area contributed by atoms with Crippen LogP contribution in [0.5, 0.6) is 0 Å². The Balaban J connectivity index is 1.55. The summed E-state index contributed by atoms with van der Waals surface area (Å²) in [5, 5.41) is 14.8. The third-order valence-corrected chi connectivity index (χ3v) is 4.11. The van der Waals surface area contributed by atoms with Crippen molar-refractivity contribution in [3.05, 3.63) is 70.8 Å². The van der Waals surface area contributed by atoms with Gasteiger partial charge in [-0.05, 0) is 19.1 Å². The van der Waals surface area contributed by atoms with E-state index in [0.29, 0.717) is 17.0 Å². The lowest BCUT2D eigenvalue weighted by Crippen LogP contribution is -2.29. The first kappa shape index (κ1) is 16.6. The summed E-state index contributed by atoms with van der Waals surface area (Å²) in [5.41, 5.74) is 3.13. The molecule has 3 aromatic heterocycles. The number of carbonyl (C=O) groups excluding carboxylic acids is 1. The quantitative estimate of drug-likeness (QED) is 0.580. The summed E-state index contributed by atoms with van der Waals surface area (Å²) < 4.78 is 1.15. The number of aromatic nitrogens is 5. The predicted octanol–water partition coefficient (Wildman–Crippen LogP) is 2.13. The molecule has 0 fully saturated rings. The fourth-order valence-electron chi connectivity index (χ4n) is 2.75. The molecule has 0 aliphatic rings. The zero-order valence-corrected chi connectivity index (χ0v) is 14.5. The molecule has 0 spiro atoms. The van der Waals surface area contributed by atoms with Crippen molar-refractivity contribution in [3.8, 4) is 11.3 Å². The van der Waals surface area contributed by atoms with Crippen molar-refractivity contribution in [2.75, 3.05) is 5.32 Å². The third-order valence-electron chi connectivity index (χ3n) is 4.11. The number of carbonyl (C=O) groups is 1. The second kappa shape index (κ2) is 6.83. The summed E-state index contributed by atoms with van der Waals surface area (Å²) in [4.78, 5) is 28.6. The van der Waals surface area contributed by atoms with E-state index in [1.165, 1.54) is 12.3 Å². The van der Waals surface area contributed by atoms with Crippen LogP contribution in [0.2, 0.25) is 0 Å². The van der Waals surface area contributed by atoms with E-state index >= 15 is 0 Å². The van der Waals surface area contributed by atoms with E-state index in [1.807, 2.05) is 37.3 Å². The number of aromatic amines is 1. The van der Waals surface area contributed by atoms with Gasteiger partial charge in [0.15, 0.2) is 5.65 Å². The number of nitrogens with one attached hydrogen (secondary N) is 2. The highest BCUT2D eigenvalue weighted by Crippen LogP contribution is 2.17. The van der Waals surface area contributed by atoms with Gasteiger partial charge >= 0.3 is 0 Å². The van der Waals surface area contributed by atoms with Gasteiger partial charge in [0.2, 0.25) is 5.91 Å². The van der Waals surface area contributed by atoms with E-state index in [0.717, 1.165) is 21.3 Å². The Morgan fingerprint density at radius 1 is 1.19 bits per heavy atom. The van der Waals surface area contributed by atoms with Gasteiger partial charge in [-0.1, -0.05) is 30.3 Å². The Morgan fingerprint density at radius 2 is 2.00 bits per heavy atom. The van der Waals surface area contributed by atoms with Crippen molar-refractivity contribution in [1.29, 1.82) is 0 Å². The zero-order chi connectivity index (χ0) is 18.8. The molecule has 0 aliphatic carbocycles. The lowest BCUT2D eigenvalue weighted by molar-refractivity contribution is -0.117. The zero-order valence-electron chi connectivity index (χ0n) is 14.5. The average Bonchev–Trinajstić information content (AvgIpc) is 3.05. The smallest absolute Gasteiger partial charge is 0.267 e. The van der Waals surface area contributed by atoms with Crippen LogP contribution in [-0.2, 0) is 11.3 Å². The molecule has 0 atom stereocenters. The van der Waals surface area contributed by atoms with E-state index in [4.69, 9.17) is 0 Å². The molecule has 0 saturated carbocycles. The maximum atomic E-state index is 12.4. The minimum Gasteiger partial charge on any atom is -0.323 e. The van der Waals surface area contributed by atoms with Crippen LogP contribution >= 0.6 is 0 Å². The molecule has 4 rings (SSSR count). The molecular weight excluding hydrogens is 344 g/mol. The molecule has 2 N–H and O–H groups in total. The number of rotatable bonds is 4. The molecule has 0 aliphatic heterocycles. The maximum absolute atomic E-state index is 12.4. The average molecular weight is 360 g/mol. The summed E-state index contributed by atoms with van der Waals surface area (Å²) in [6.07, 6.45) is 1.52. The summed E-state index contributed by atoms with van der Waals surface area (Å²) in [6.45, 7) is 1.68. The maximum Gasteiger partial charge on any atom is 0.267 e. The van der Waals surface area contributed by atoms with Gasteiger partial charge in [-0.3, -0.25) is 14.7 Å². The SMILES string of the molecule is Cc1[nH]nc2ncc(NC(=O)Cn3nc(-c4ccccc4)ccc3=O)cc12. The number of benzene rings is 1. The lowest BCUT2D eigenvalue weighted by atomic mass is 10.1. The number of amides is 1. The Morgan fingerprint density at radius 3 is 2.81 bits per heavy atom. The molecule has 1 aromatic carbocycles. The summed E-state index contributed by atoms with van der Waals surface area (Å²) in [6, 6.07) is 14.3. The molecule has 0 unspecified atom stereocenters. The molecule has 27 heavy (non-hydrogen) atoms. The van der Waals surface area contributed by atoms with Crippen molar-refractivity contribution >= 4 is 22.6 Å². The van der Waals surface area contributed by atoms with Gasteiger partial charge in [0.25, 0.3) is 5.56 Å². The Bertz CT molecular complexity index is 1180. The molecule has 134 valence electrons. The van der Waals surface area contributed by atoms with Crippen molar-refractivity contribution in [2.45, 2.75) is 13.5 Å². The fraction of sp³-hybridized carbons (Fsp3) is 0.105. The molecule has 0 saturated heterocycles. The topological polar surface area (TPSA) is 106 Å². The Hall–Kier alpha value is -3.81. The third kappa shape index (κ3) is 3.45. The predicted molar refractivity (Wildman–Crippen MR) is 101 cm³/mol. The van der Waals surface area contributed by atoms with Crippen molar-refractivity contribution in [2.24, 2.45) is 0 Å². The number of hydrogen-bond acceptors (Lipinski definition) is 5. The van der Waals surface area contributed by atoms with Crippen LogP contribution in [0.25, 0.3) is 22.3 Å². The van der Waals surface area contributed by atoms with E-state index < -0.39 is 0 Å². The summed E-state index contributed by atoms with van der Waals surface area (Å²) in [7, 11) is 0. The monoisotopic (exact) mass is 360 g/mol. The lowest BCUT2D eigenvalue weighted by Gasteiger charge is -2.08. The molecule has 0 bridgehead atoms. The van der Waals surface area contributed by atoms with Crippen LogP contribution in [0.15, 0.2) is 59.5 Å². The second-order valence-electron chi connectivity index (χ2n) is 6.07. The van der Waals surface area contributed by atoms with Gasteiger partial charge in [0.05, 0.1) is 17.6 Å². The standard InChI is InChI=1S/C19H16N6O2/c1-12-15-9-14(10-20-19(15)23-22-12)21-17(26)11-25-18(27)8-7-16(24-25)13-5-3-2-4-6-13/h2-10H,11H2,1H3,(H,21,26)(H,20,22,23). The number of pyridine rings is 1. The van der Waals surface area contributed by atoms with Crippen molar-refractivity contribution in [3.63, 3.8) is 0 Å². The Kier molecular flexibility index (Phi) is 4.21. The second-order valence-corrected chi connectivity index (χ2v) is 6.07. The van der Waals surface area contributed by atoms with Crippen LogP contribution in [0.3, 0.4) is 0 Å². The van der Waals surface area contributed by atoms with Crippen molar-refractivity contribution < 1.29 is 4.79 Å². The number of nitrogens with zero attached hydrogens (tertiary/aromatic N) is 4.